The van der Waals surface area contributed by atoms with Gasteiger partial charge in [-0.05, 0) is 36.9 Å². The molecular weight excluding hydrogens is 369 g/mol. The minimum atomic E-state index is -0.313. The highest BCUT2D eigenvalue weighted by atomic mass is 35.5. The minimum absolute atomic E-state index is 0. The zero-order valence-corrected chi connectivity index (χ0v) is 15.9. The first-order valence-electron chi connectivity index (χ1n) is 7.23. The highest BCUT2D eigenvalue weighted by Crippen LogP contribution is 2.23. The maximum atomic E-state index is 12.4. The predicted octanol–water partition coefficient (Wildman–Crippen LogP) is 3.64. The van der Waals surface area contributed by atoms with Crippen LogP contribution in [0, 0.1) is 5.92 Å². The van der Waals surface area contributed by atoms with Gasteiger partial charge in [0.1, 0.15) is 0 Å². The minimum Gasteiger partial charge on any atom is -0.343 e. The highest BCUT2D eigenvalue weighted by Gasteiger charge is 2.21. The molecule has 7 heteroatoms. The fourth-order valence-corrected chi connectivity index (χ4v) is 2.44. The smallest absolute Gasteiger partial charge is 0.224 e. The summed E-state index contributed by atoms with van der Waals surface area (Å²) >= 11 is 6.08. The number of pyridine rings is 1. The Labute approximate surface area is 160 Å². The van der Waals surface area contributed by atoms with Crippen molar-refractivity contribution in [2.24, 2.45) is 5.92 Å². The monoisotopic (exact) mass is 389 g/mol. The second kappa shape index (κ2) is 11.3. The summed E-state index contributed by atoms with van der Waals surface area (Å²) in [5, 5.41) is 6.71. The number of hydrogen-bond acceptors (Lipinski definition) is 3. The van der Waals surface area contributed by atoms with Gasteiger partial charge in [-0.2, -0.15) is 0 Å². The van der Waals surface area contributed by atoms with E-state index in [4.69, 9.17) is 11.6 Å². The van der Waals surface area contributed by atoms with Gasteiger partial charge in [-0.1, -0.05) is 36.7 Å². The van der Waals surface area contributed by atoms with Crippen molar-refractivity contribution in [1.29, 1.82) is 0 Å². The van der Waals surface area contributed by atoms with Gasteiger partial charge in [-0.15, -0.1) is 24.8 Å². The number of rotatable bonds is 6. The lowest BCUT2D eigenvalue weighted by Crippen LogP contribution is -2.37. The van der Waals surface area contributed by atoms with E-state index in [0.717, 1.165) is 11.3 Å². The van der Waals surface area contributed by atoms with Gasteiger partial charge in [0.05, 0.1) is 11.7 Å². The van der Waals surface area contributed by atoms with Crippen molar-refractivity contribution in [2.75, 3.05) is 13.6 Å². The van der Waals surface area contributed by atoms with E-state index in [0.29, 0.717) is 11.6 Å². The Balaban J connectivity index is 0.00000264. The van der Waals surface area contributed by atoms with Crippen LogP contribution in [0.2, 0.25) is 5.02 Å². The third kappa shape index (κ3) is 6.29. The molecule has 1 heterocycles. The molecule has 2 N–H and O–H groups in total. The second-order valence-electron chi connectivity index (χ2n) is 5.21. The number of nitrogens with one attached hydrogen (secondary N) is 2. The summed E-state index contributed by atoms with van der Waals surface area (Å²) in [5.74, 6) is -0.152. The van der Waals surface area contributed by atoms with Crippen LogP contribution in [0.1, 0.15) is 24.2 Å². The molecule has 1 amide bonds. The van der Waals surface area contributed by atoms with Gasteiger partial charge in [0, 0.05) is 23.7 Å². The molecule has 1 aromatic heterocycles. The van der Waals surface area contributed by atoms with Crippen LogP contribution in [0.4, 0.5) is 0 Å². The third-order valence-electron chi connectivity index (χ3n) is 3.41. The maximum absolute atomic E-state index is 12.4. The molecule has 2 rings (SSSR count). The standard InChI is InChI=1S/C17H20ClN3O.2ClH/c1-12(11-19-2)17(22)21-16(15-8-3-4-9-20-15)13-6-5-7-14(18)10-13;;/h3-10,12,16,19H,11H2,1-2H3,(H,21,22);2*1H. The second-order valence-corrected chi connectivity index (χ2v) is 5.65. The average molecular weight is 391 g/mol. The zero-order chi connectivity index (χ0) is 15.9. The molecule has 0 bridgehead atoms. The maximum Gasteiger partial charge on any atom is 0.224 e. The van der Waals surface area contributed by atoms with Crippen LogP contribution in [0.3, 0.4) is 0 Å². The molecule has 0 saturated heterocycles. The van der Waals surface area contributed by atoms with E-state index in [1.165, 1.54) is 0 Å². The van der Waals surface area contributed by atoms with E-state index in [1.54, 1.807) is 6.20 Å². The van der Waals surface area contributed by atoms with E-state index in [1.807, 2.05) is 56.4 Å². The van der Waals surface area contributed by atoms with Crippen molar-refractivity contribution in [3.8, 4) is 0 Å². The topological polar surface area (TPSA) is 54.0 Å². The Morgan fingerprint density at radius 2 is 1.96 bits per heavy atom. The number of amides is 1. The Hall–Kier alpha value is -1.33. The number of aromatic nitrogens is 1. The summed E-state index contributed by atoms with van der Waals surface area (Å²) in [6, 6.07) is 12.8. The summed E-state index contributed by atoms with van der Waals surface area (Å²) < 4.78 is 0. The number of hydrogen-bond donors (Lipinski definition) is 2. The molecule has 24 heavy (non-hydrogen) atoms. The molecule has 2 atom stereocenters. The molecule has 132 valence electrons. The van der Waals surface area contributed by atoms with Crippen molar-refractivity contribution in [1.82, 2.24) is 15.6 Å². The van der Waals surface area contributed by atoms with Crippen LogP contribution >= 0.6 is 36.4 Å². The van der Waals surface area contributed by atoms with Gasteiger partial charge in [-0.25, -0.2) is 0 Å². The highest BCUT2D eigenvalue weighted by molar-refractivity contribution is 6.30. The molecule has 0 radical (unpaired) electrons. The Kier molecular flexibility index (Phi) is 10.6. The fourth-order valence-electron chi connectivity index (χ4n) is 2.24. The van der Waals surface area contributed by atoms with Gasteiger partial charge in [0.25, 0.3) is 0 Å². The number of carbonyl (C=O) groups excluding carboxylic acids is 1. The lowest BCUT2D eigenvalue weighted by Gasteiger charge is -2.21. The fraction of sp³-hybridized carbons (Fsp3) is 0.294. The van der Waals surface area contributed by atoms with Crippen molar-refractivity contribution in [3.05, 3.63) is 64.9 Å². The summed E-state index contributed by atoms with van der Waals surface area (Å²) in [5.41, 5.74) is 1.70. The average Bonchev–Trinajstić information content (AvgIpc) is 2.53. The van der Waals surface area contributed by atoms with Crippen LogP contribution in [0.25, 0.3) is 0 Å². The number of nitrogens with zero attached hydrogens (tertiary/aromatic N) is 1. The molecule has 0 saturated carbocycles. The van der Waals surface area contributed by atoms with E-state index < -0.39 is 0 Å². The first kappa shape index (κ1) is 22.7. The Bertz CT molecular complexity index is 625. The molecule has 1 aromatic carbocycles. The van der Waals surface area contributed by atoms with Gasteiger partial charge >= 0.3 is 0 Å². The van der Waals surface area contributed by atoms with Crippen LogP contribution in [-0.2, 0) is 4.79 Å². The summed E-state index contributed by atoms with van der Waals surface area (Å²) in [6.45, 7) is 2.51. The third-order valence-corrected chi connectivity index (χ3v) is 3.65. The number of benzene rings is 1. The van der Waals surface area contributed by atoms with Crippen LogP contribution in [0.5, 0.6) is 0 Å². The molecule has 0 aliphatic carbocycles. The summed E-state index contributed by atoms with van der Waals surface area (Å²) in [4.78, 5) is 16.7. The molecule has 0 aliphatic rings. The van der Waals surface area contributed by atoms with Crippen molar-refractivity contribution < 1.29 is 4.79 Å². The molecular formula is C17H22Cl3N3O. The molecule has 0 spiro atoms. The van der Waals surface area contributed by atoms with E-state index in [9.17, 15) is 4.79 Å². The predicted molar refractivity (Wildman–Crippen MR) is 103 cm³/mol. The summed E-state index contributed by atoms with van der Waals surface area (Å²) in [7, 11) is 1.83. The van der Waals surface area contributed by atoms with Crippen molar-refractivity contribution in [2.45, 2.75) is 13.0 Å². The molecule has 0 aliphatic heterocycles. The largest absolute Gasteiger partial charge is 0.343 e. The molecule has 2 aromatic rings. The molecule has 0 fully saturated rings. The Morgan fingerprint density at radius 1 is 1.21 bits per heavy atom. The molecule has 2 unspecified atom stereocenters. The molecule has 4 nitrogen and oxygen atoms in total. The number of halogens is 3. The van der Waals surface area contributed by atoms with Crippen LogP contribution < -0.4 is 10.6 Å². The van der Waals surface area contributed by atoms with Gasteiger partial charge in [0.15, 0.2) is 0 Å². The Morgan fingerprint density at radius 3 is 2.54 bits per heavy atom. The van der Waals surface area contributed by atoms with Gasteiger partial charge < -0.3 is 10.6 Å². The van der Waals surface area contributed by atoms with E-state index in [2.05, 4.69) is 15.6 Å². The summed E-state index contributed by atoms with van der Waals surface area (Å²) in [6.07, 6.45) is 1.72. The van der Waals surface area contributed by atoms with E-state index >= 15 is 0 Å². The van der Waals surface area contributed by atoms with Crippen molar-refractivity contribution in [3.63, 3.8) is 0 Å². The van der Waals surface area contributed by atoms with E-state index in [-0.39, 0.29) is 42.7 Å². The lowest BCUT2D eigenvalue weighted by atomic mass is 10.0. The lowest BCUT2D eigenvalue weighted by molar-refractivity contribution is -0.124. The first-order valence-corrected chi connectivity index (χ1v) is 7.61. The number of carbonyl (C=O) groups is 1. The van der Waals surface area contributed by atoms with Gasteiger partial charge in [0.2, 0.25) is 5.91 Å². The van der Waals surface area contributed by atoms with Crippen LogP contribution in [-0.4, -0.2) is 24.5 Å². The zero-order valence-electron chi connectivity index (χ0n) is 13.5. The quantitative estimate of drug-likeness (QED) is 0.792. The normalized spacial score (nSPS) is 12.3. The van der Waals surface area contributed by atoms with Crippen molar-refractivity contribution >= 4 is 42.3 Å². The van der Waals surface area contributed by atoms with Gasteiger partial charge in [-0.3, -0.25) is 9.78 Å². The SMILES string of the molecule is CNCC(C)C(=O)NC(c1cccc(Cl)c1)c1ccccn1.Cl.Cl. The van der Waals surface area contributed by atoms with Crippen LogP contribution in [0.15, 0.2) is 48.7 Å². The first-order chi connectivity index (χ1) is 10.6.